The van der Waals surface area contributed by atoms with E-state index in [1.165, 1.54) is 12.8 Å². The minimum Gasteiger partial charge on any atom is -0.383 e. The van der Waals surface area contributed by atoms with E-state index in [-0.39, 0.29) is 0 Å². The van der Waals surface area contributed by atoms with E-state index in [4.69, 9.17) is 0 Å². The van der Waals surface area contributed by atoms with Gasteiger partial charge in [0.2, 0.25) is 0 Å². The van der Waals surface area contributed by atoms with E-state index in [2.05, 4.69) is 9.97 Å². The summed E-state index contributed by atoms with van der Waals surface area (Å²) in [5, 5.41) is 10.5. The molecule has 0 saturated heterocycles. The maximum atomic E-state index is 10.5. The first kappa shape index (κ1) is 8.36. The molecular formula is C11H14N2O. The highest BCUT2D eigenvalue weighted by Crippen LogP contribution is 2.63. The molecule has 2 aliphatic rings. The van der Waals surface area contributed by atoms with Crippen molar-refractivity contribution >= 4 is 0 Å². The van der Waals surface area contributed by atoms with Crippen LogP contribution in [0.3, 0.4) is 0 Å². The average Bonchev–Trinajstić information content (AvgIpc) is 2.89. The molecule has 2 fully saturated rings. The van der Waals surface area contributed by atoms with Gasteiger partial charge in [0.15, 0.2) is 0 Å². The molecule has 3 heteroatoms. The zero-order valence-electron chi connectivity index (χ0n) is 8.06. The Labute approximate surface area is 83.2 Å². The summed E-state index contributed by atoms with van der Waals surface area (Å²) < 4.78 is 0. The lowest BCUT2D eigenvalue weighted by Crippen LogP contribution is -2.12. The smallest absolute Gasteiger partial charge is 0.114 e. The molecule has 14 heavy (non-hydrogen) atoms. The van der Waals surface area contributed by atoms with Crippen molar-refractivity contribution in [2.45, 2.75) is 31.3 Å². The van der Waals surface area contributed by atoms with Crippen molar-refractivity contribution in [3.05, 3.63) is 24.3 Å². The Kier molecular flexibility index (Phi) is 1.65. The number of fused-ring (bicyclic) bond motifs is 1. The van der Waals surface area contributed by atoms with E-state index < -0.39 is 5.60 Å². The fraction of sp³-hybridized carbons (Fsp3) is 0.636. The minimum absolute atomic E-state index is 0.452. The Hall–Kier alpha value is -0.960. The number of hydrogen-bond acceptors (Lipinski definition) is 3. The van der Waals surface area contributed by atoms with Crippen LogP contribution in [0.5, 0.6) is 0 Å². The van der Waals surface area contributed by atoms with Gasteiger partial charge in [0.25, 0.3) is 0 Å². The van der Waals surface area contributed by atoms with Crippen LogP contribution in [0.15, 0.2) is 18.6 Å². The molecule has 0 radical (unpaired) electrons. The van der Waals surface area contributed by atoms with E-state index in [1.54, 1.807) is 18.6 Å². The first-order valence-electron chi connectivity index (χ1n) is 5.32. The number of hydrogen-bond donors (Lipinski definition) is 1. The van der Waals surface area contributed by atoms with Gasteiger partial charge >= 0.3 is 0 Å². The lowest BCUT2D eigenvalue weighted by atomic mass is 10.0. The summed E-state index contributed by atoms with van der Waals surface area (Å²) in [6.07, 6.45) is 9.83. The zero-order chi connectivity index (χ0) is 9.60. The Balaban J connectivity index is 1.92. The monoisotopic (exact) mass is 190 g/mol. The van der Waals surface area contributed by atoms with Gasteiger partial charge < -0.3 is 5.11 Å². The molecule has 0 bridgehead atoms. The fourth-order valence-electron chi connectivity index (χ4n) is 2.98. The van der Waals surface area contributed by atoms with Crippen molar-refractivity contribution in [1.82, 2.24) is 9.97 Å². The van der Waals surface area contributed by atoms with E-state index in [1.807, 2.05) is 0 Å². The van der Waals surface area contributed by atoms with Gasteiger partial charge in [-0.25, -0.2) is 0 Å². The second kappa shape index (κ2) is 2.76. The average molecular weight is 190 g/mol. The first-order valence-corrected chi connectivity index (χ1v) is 5.32. The molecule has 0 spiro atoms. The van der Waals surface area contributed by atoms with Gasteiger partial charge in [-0.2, -0.15) is 0 Å². The molecule has 1 aromatic heterocycles. The van der Waals surface area contributed by atoms with Crippen molar-refractivity contribution in [2.24, 2.45) is 11.8 Å². The van der Waals surface area contributed by atoms with Crippen molar-refractivity contribution in [1.29, 1.82) is 0 Å². The van der Waals surface area contributed by atoms with E-state index in [0.29, 0.717) is 11.8 Å². The molecule has 0 aliphatic heterocycles. The molecular weight excluding hydrogens is 176 g/mol. The summed E-state index contributed by atoms with van der Waals surface area (Å²) in [6, 6.07) is 0. The lowest BCUT2D eigenvalue weighted by Gasteiger charge is -2.07. The van der Waals surface area contributed by atoms with Crippen molar-refractivity contribution < 1.29 is 5.11 Å². The second-order valence-electron chi connectivity index (χ2n) is 4.41. The quantitative estimate of drug-likeness (QED) is 0.729. The highest BCUT2D eigenvalue weighted by Gasteiger charge is 2.65. The molecule has 1 heterocycles. The summed E-state index contributed by atoms with van der Waals surface area (Å²) >= 11 is 0. The lowest BCUT2D eigenvalue weighted by molar-refractivity contribution is 0.113. The van der Waals surface area contributed by atoms with E-state index in [9.17, 15) is 5.11 Å². The van der Waals surface area contributed by atoms with Crippen LogP contribution in [0.2, 0.25) is 0 Å². The molecule has 3 rings (SSSR count). The van der Waals surface area contributed by atoms with Gasteiger partial charge in [-0.3, -0.25) is 9.97 Å². The van der Waals surface area contributed by atoms with Gasteiger partial charge in [0.1, 0.15) is 5.60 Å². The molecule has 3 nitrogen and oxygen atoms in total. The Morgan fingerprint density at radius 3 is 2.50 bits per heavy atom. The third-order valence-electron chi connectivity index (χ3n) is 3.76. The van der Waals surface area contributed by atoms with E-state index >= 15 is 0 Å². The molecule has 1 aromatic rings. The van der Waals surface area contributed by atoms with Gasteiger partial charge in [-0.1, -0.05) is 12.8 Å². The predicted molar refractivity (Wildman–Crippen MR) is 51.4 cm³/mol. The zero-order valence-corrected chi connectivity index (χ0v) is 8.06. The molecule has 74 valence electrons. The molecule has 2 unspecified atom stereocenters. The predicted octanol–water partition coefficient (Wildman–Crippen LogP) is 1.48. The van der Waals surface area contributed by atoms with Gasteiger partial charge in [-0.15, -0.1) is 0 Å². The number of aliphatic hydroxyl groups is 1. The van der Waals surface area contributed by atoms with Crippen LogP contribution < -0.4 is 0 Å². The fourth-order valence-corrected chi connectivity index (χ4v) is 2.98. The Morgan fingerprint density at radius 1 is 1.21 bits per heavy atom. The Morgan fingerprint density at radius 2 is 1.93 bits per heavy atom. The van der Waals surface area contributed by atoms with E-state index in [0.717, 1.165) is 18.5 Å². The summed E-state index contributed by atoms with van der Waals surface area (Å²) in [5.41, 5.74) is 0.141. The normalized spacial score (nSPS) is 40.4. The van der Waals surface area contributed by atoms with Crippen LogP contribution in [0.1, 0.15) is 31.4 Å². The maximum absolute atomic E-state index is 10.5. The third kappa shape index (κ3) is 0.960. The molecule has 2 saturated carbocycles. The topological polar surface area (TPSA) is 46.0 Å². The molecule has 1 N–H and O–H groups in total. The van der Waals surface area contributed by atoms with Gasteiger partial charge in [0, 0.05) is 12.4 Å². The first-order chi connectivity index (χ1) is 6.83. The molecule has 2 aliphatic carbocycles. The second-order valence-corrected chi connectivity index (χ2v) is 4.41. The summed E-state index contributed by atoms with van der Waals surface area (Å²) in [4.78, 5) is 8.25. The minimum atomic E-state index is -0.634. The van der Waals surface area contributed by atoms with Crippen LogP contribution in [0.25, 0.3) is 0 Å². The van der Waals surface area contributed by atoms with Gasteiger partial charge in [0.05, 0.1) is 11.9 Å². The van der Waals surface area contributed by atoms with Gasteiger partial charge in [-0.05, 0) is 24.7 Å². The highest BCUT2D eigenvalue weighted by molar-refractivity contribution is 5.25. The molecule has 0 aromatic carbocycles. The standard InChI is InChI=1S/C11H14N2O/c14-11(10-7-12-5-6-13-10)8-3-1-2-4-9(8)11/h5-9,14H,1-4H2. The number of aromatic nitrogens is 2. The summed E-state index contributed by atoms with van der Waals surface area (Å²) in [7, 11) is 0. The molecule has 2 atom stereocenters. The maximum Gasteiger partial charge on any atom is 0.114 e. The van der Waals surface area contributed by atoms with Crippen LogP contribution >= 0.6 is 0 Å². The van der Waals surface area contributed by atoms with Crippen molar-refractivity contribution in [2.75, 3.05) is 0 Å². The number of rotatable bonds is 1. The van der Waals surface area contributed by atoms with Crippen molar-refractivity contribution in [3.8, 4) is 0 Å². The summed E-state index contributed by atoms with van der Waals surface area (Å²) in [6.45, 7) is 0. The summed E-state index contributed by atoms with van der Waals surface area (Å²) in [5.74, 6) is 0.904. The third-order valence-corrected chi connectivity index (χ3v) is 3.76. The molecule has 0 amide bonds. The number of nitrogens with zero attached hydrogens (tertiary/aromatic N) is 2. The SMILES string of the molecule is OC1(c2cnccn2)C2CCCCC21. The van der Waals surface area contributed by atoms with Crippen LogP contribution in [-0.4, -0.2) is 15.1 Å². The van der Waals surface area contributed by atoms with Crippen LogP contribution in [0, 0.1) is 11.8 Å². The Bertz CT molecular complexity index is 326. The van der Waals surface area contributed by atoms with Crippen LogP contribution in [-0.2, 0) is 5.60 Å². The van der Waals surface area contributed by atoms with Crippen LogP contribution in [0.4, 0.5) is 0 Å². The van der Waals surface area contributed by atoms with Crippen molar-refractivity contribution in [3.63, 3.8) is 0 Å². The highest BCUT2D eigenvalue weighted by atomic mass is 16.3. The largest absolute Gasteiger partial charge is 0.383 e.